The first kappa shape index (κ1) is 21.5. The van der Waals surface area contributed by atoms with Gasteiger partial charge < -0.3 is 4.90 Å². The lowest BCUT2D eigenvalue weighted by Crippen LogP contribution is -2.32. The Balaban J connectivity index is 1.52. The third-order valence-electron chi connectivity index (χ3n) is 5.74. The molecule has 6 heteroatoms. The van der Waals surface area contributed by atoms with Gasteiger partial charge in [0.1, 0.15) is 0 Å². The van der Waals surface area contributed by atoms with Gasteiger partial charge in [-0.3, -0.25) is 4.79 Å². The summed E-state index contributed by atoms with van der Waals surface area (Å²) in [5.41, 5.74) is 2.34. The number of hydrogen-bond donors (Lipinski definition) is 1. The molecule has 1 N–H and O–H groups in total. The Morgan fingerprint density at radius 1 is 1.10 bits per heavy atom. The van der Waals surface area contributed by atoms with E-state index in [-0.39, 0.29) is 23.3 Å². The summed E-state index contributed by atoms with van der Waals surface area (Å²) in [6, 6.07) is 17.2. The lowest BCUT2D eigenvalue weighted by molar-refractivity contribution is -0.127. The normalized spacial score (nSPS) is 18.2. The zero-order chi connectivity index (χ0) is 20.9. The summed E-state index contributed by atoms with van der Waals surface area (Å²) in [7, 11) is -3.57. The van der Waals surface area contributed by atoms with Crippen LogP contribution in [0.15, 0.2) is 59.5 Å². The Labute approximate surface area is 174 Å². The maximum atomic E-state index is 12.6. The monoisotopic (exact) mass is 414 g/mol. The van der Waals surface area contributed by atoms with Crippen molar-refractivity contribution in [3.63, 3.8) is 0 Å². The molecule has 2 atom stereocenters. The van der Waals surface area contributed by atoms with Gasteiger partial charge >= 0.3 is 0 Å². The van der Waals surface area contributed by atoms with E-state index in [4.69, 9.17) is 0 Å². The average Bonchev–Trinajstić information content (AvgIpc) is 3.10. The molecule has 156 valence electrons. The van der Waals surface area contributed by atoms with Gasteiger partial charge in [0, 0.05) is 26.1 Å². The molecule has 2 aromatic rings. The molecule has 0 bridgehead atoms. The minimum absolute atomic E-state index is 0.00688. The largest absolute Gasteiger partial charge is 0.342 e. The first-order chi connectivity index (χ1) is 13.9. The number of carbonyl (C=O) groups is 1. The van der Waals surface area contributed by atoms with E-state index in [1.807, 2.05) is 35.2 Å². The Kier molecular flexibility index (Phi) is 7.09. The van der Waals surface area contributed by atoms with Crippen molar-refractivity contribution in [2.45, 2.75) is 43.9 Å². The molecule has 5 nitrogen and oxygen atoms in total. The van der Waals surface area contributed by atoms with Crippen molar-refractivity contribution >= 4 is 15.9 Å². The van der Waals surface area contributed by atoms with Crippen LogP contribution in [0.3, 0.4) is 0 Å². The highest BCUT2D eigenvalue weighted by atomic mass is 32.2. The maximum absolute atomic E-state index is 12.6. The number of likely N-dealkylation sites (tertiary alicyclic amines) is 1. The van der Waals surface area contributed by atoms with Crippen molar-refractivity contribution in [2.75, 3.05) is 19.6 Å². The van der Waals surface area contributed by atoms with E-state index in [0.29, 0.717) is 25.4 Å². The minimum atomic E-state index is -3.57. The SMILES string of the molecule is CC[C@@H](C)c1ccc(S(=O)(=O)NC[C@@H]2CC(=O)N(CCc3ccccc3)C2)cc1. The van der Waals surface area contributed by atoms with Crippen molar-refractivity contribution in [2.24, 2.45) is 5.92 Å². The molecule has 29 heavy (non-hydrogen) atoms. The summed E-state index contributed by atoms with van der Waals surface area (Å²) < 4.78 is 27.9. The van der Waals surface area contributed by atoms with Gasteiger partial charge in [-0.05, 0) is 47.9 Å². The molecule has 3 rings (SSSR count). The molecule has 1 aliphatic heterocycles. The highest BCUT2D eigenvalue weighted by molar-refractivity contribution is 7.89. The lowest BCUT2D eigenvalue weighted by Gasteiger charge is -2.17. The summed E-state index contributed by atoms with van der Waals surface area (Å²) >= 11 is 0. The second-order valence-electron chi connectivity index (χ2n) is 7.88. The van der Waals surface area contributed by atoms with Gasteiger partial charge in [0.05, 0.1) is 4.90 Å². The van der Waals surface area contributed by atoms with Crippen molar-refractivity contribution in [1.29, 1.82) is 0 Å². The van der Waals surface area contributed by atoms with Gasteiger partial charge in [0.25, 0.3) is 0 Å². The predicted octanol–water partition coefficient (Wildman–Crippen LogP) is 3.57. The quantitative estimate of drug-likeness (QED) is 0.682. The van der Waals surface area contributed by atoms with E-state index in [1.165, 1.54) is 5.56 Å². The topological polar surface area (TPSA) is 66.5 Å². The van der Waals surface area contributed by atoms with Crippen LogP contribution >= 0.6 is 0 Å². The zero-order valence-electron chi connectivity index (χ0n) is 17.2. The van der Waals surface area contributed by atoms with E-state index >= 15 is 0 Å². The van der Waals surface area contributed by atoms with Crippen LogP contribution in [0.5, 0.6) is 0 Å². The van der Waals surface area contributed by atoms with Crippen molar-refractivity contribution < 1.29 is 13.2 Å². The number of sulfonamides is 1. The lowest BCUT2D eigenvalue weighted by atomic mass is 9.99. The first-order valence-corrected chi connectivity index (χ1v) is 11.8. The Bertz CT molecular complexity index is 911. The Morgan fingerprint density at radius 3 is 2.45 bits per heavy atom. The third-order valence-corrected chi connectivity index (χ3v) is 7.18. The second-order valence-corrected chi connectivity index (χ2v) is 9.64. The summed E-state index contributed by atoms with van der Waals surface area (Å²) in [4.78, 5) is 14.4. The number of rotatable bonds is 9. The number of hydrogen-bond acceptors (Lipinski definition) is 3. The number of benzene rings is 2. The average molecular weight is 415 g/mol. The number of nitrogens with zero attached hydrogens (tertiary/aromatic N) is 1. The van der Waals surface area contributed by atoms with Gasteiger partial charge in [-0.1, -0.05) is 56.3 Å². The predicted molar refractivity (Wildman–Crippen MR) is 115 cm³/mol. The molecule has 1 amide bonds. The van der Waals surface area contributed by atoms with Crippen LogP contribution in [0.1, 0.15) is 43.7 Å². The van der Waals surface area contributed by atoms with E-state index in [9.17, 15) is 13.2 Å². The fourth-order valence-corrected chi connectivity index (χ4v) is 4.75. The van der Waals surface area contributed by atoms with Crippen LogP contribution in [0.2, 0.25) is 0 Å². The Morgan fingerprint density at radius 2 is 1.79 bits per heavy atom. The molecule has 0 unspecified atom stereocenters. The van der Waals surface area contributed by atoms with E-state index < -0.39 is 10.0 Å². The van der Waals surface area contributed by atoms with Gasteiger partial charge in [-0.15, -0.1) is 0 Å². The maximum Gasteiger partial charge on any atom is 0.240 e. The third kappa shape index (κ3) is 5.67. The molecule has 1 heterocycles. The fraction of sp³-hybridized carbons (Fsp3) is 0.435. The molecular weight excluding hydrogens is 384 g/mol. The van der Waals surface area contributed by atoms with Crippen LogP contribution in [0, 0.1) is 5.92 Å². The van der Waals surface area contributed by atoms with E-state index in [2.05, 4.69) is 30.7 Å². The molecule has 0 aliphatic carbocycles. The van der Waals surface area contributed by atoms with Crippen molar-refractivity contribution in [3.05, 3.63) is 65.7 Å². The van der Waals surface area contributed by atoms with E-state index in [1.54, 1.807) is 12.1 Å². The fourth-order valence-electron chi connectivity index (χ4n) is 3.64. The summed E-state index contributed by atoms with van der Waals surface area (Å²) in [6.45, 7) is 5.79. The zero-order valence-corrected chi connectivity index (χ0v) is 18.0. The van der Waals surface area contributed by atoms with Gasteiger partial charge in [-0.2, -0.15) is 0 Å². The first-order valence-electron chi connectivity index (χ1n) is 10.3. The highest BCUT2D eigenvalue weighted by Gasteiger charge is 2.30. The van der Waals surface area contributed by atoms with Gasteiger partial charge in [-0.25, -0.2) is 13.1 Å². The molecule has 0 radical (unpaired) electrons. The van der Waals surface area contributed by atoms with Crippen LogP contribution in [0.4, 0.5) is 0 Å². The molecule has 0 aromatic heterocycles. The summed E-state index contributed by atoms with van der Waals surface area (Å²) in [5.74, 6) is 0.515. The van der Waals surface area contributed by atoms with E-state index in [0.717, 1.165) is 18.4 Å². The van der Waals surface area contributed by atoms with Crippen LogP contribution in [-0.2, 0) is 21.2 Å². The molecule has 1 saturated heterocycles. The van der Waals surface area contributed by atoms with Crippen LogP contribution in [-0.4, -0.2) is 38.9 Å². The molecule has 1 aliphatic rings. The highest BCUT2D eigenvalue weighted by Crippen LogP contribution is 2.21. The molecule has 1 fully saturated rings. The smallest absolute Gasteiger partial charge is 0.240 e. The number of nitrogens with one attached hydrogen (secondary N) is 1. The molecule has 2 aromatic carbocycles. The number of carbonyl (C=O) groups excluding carboxylic acids is 1. The minimum Gasteiger partial charge on any atom is -0.342 e. The number of amides is 1. The van der Waals surface area contributed by atoms with Crippen LogP contribution in [0.25, 0.3) is 0 Å². The van der Waals surface area contributed by atoms with Crippen molar-refractivity contribution in [3.8, 4) is 0 Å². The molecule has 0 spiro atoms. The molecular formula is C23H30N2O3S. The van der Waals surface area contributed by atoms with Gasteiger partial charge in [0.2, 0.25) is 15.9 Å². The standard InChI is InChI=1S/C23H30N2O3S/c1-3-18(2)21-9-11-22(12-10-21)29(27,28)24-16-20-15-23(26)25(17-20)14-13-19-7-5-4-6-8-19/h4-12,18,20,24H,3,13-17H2,1-2H3/t18-,20+/m1/s1. The second kappa shape index (κ2) is 9.55. The van der Waals surface area contributed by atoms with Crippen molar-refractivity contribution in [1.82, 2.24) is 9.62 Å². The summed E-state index contributed by atoms with van der Waals surface area (Å²) in [6.07, 6.45) is 2.22. The van der Waals surface area contributed by atoms with Crippen LogP contribution < -0.4 is 4.72 Å². The summed E-state index contributed by atoms with van der Waals surface area (Å²) in [5, 5.41) is 0. The van der Waals surface area contributed by atoms with Gasteiger partial charge in [0.15, 0.2) is 0 Å². The molecule has 0 saturated carbocycles. The Hall–Kier alpha value is -2.18.